The van der Waals surface area contributed by atoms with Crippen molar-refractivity contribution in [1.82, 2.24) is 4.90 Å². The molecule has 0 aromatic heterocycles. The minimum atomic E-state index is -0.587. The van der Waals surface area contributed by atoms with E-state index in [-0.39, 0.29) is 18.1 Å². The van der Waals surface area contributed by atoms with Gasteiger partial charge in [0, 0.05) is 13.1 Å². The molecule has 0 atom stereocenters. The highest BCUT2D eigenvalue weighted by Gasteiger charge is 2.36. The molecule has 10 nitrogen and oxygen atoms in total. The Labute approximate surface area is 206 Å². The fraction of sp³-hybridized carbons (Fsp3) is 0.250. The second-order valence-electron chi connectivity index (χ2n) is 7.76. The largest absolute Gasteiger partial charge is 0.484 e. The van der Waals surface area contributed by atoms with Crippen molar-refractivity contribution in [2.75, 3.05) is 49.7 Å². The Morgan fingerprint density at radius 2 is 1.80 bits per heavy atom. The maximum Gasteiger partial charge on any atom is 0.294 e. The molecule has 0 spiro atoms. The number of primary amides is 1. The SMILES string of the molecule is NC(=O)COc1ccc(/C=C2\SC(=O)N(CC(=O)Nc3ccccc3N3CCOCC3)C2=O)cc1. The molecule has 35 heavy (non-hydrogen) atoms. The van der Waals surface area contributed by atoms with Gasteiger partial charge in [-0.1, -0.05) is 24.3 Å². The number of hydrogen-bond donors (Lipinski definition) is 2. The van der Waals surface area contributed by atoms with Crippen LogP contribution in [-0.2, 0) is 19.1 Å². The van der Waals surface area contributed by atoms with Crippen LogP contribution in [-0.4, -0.2) is 67.3 Å². The van der Waals surface area contributed by atoms with Gasteiger partial charge in [-0.15, -0.1) is 0 Å². The minimum absolute atomic E-state index is 0.210. The van der Waals surface area contributed by atoms with Crippen LogP contribution < -0.4 is 20.7 Å². The lowest BCUT2D eigenvalue weighted by Crippen LogP contribution is -2.38. The maximum atomic E-state index is 12.8. The van der Waals surface area contributed by atoms with Crippen molar-refractivity contribution < 1.29 is 28.7 Å². The number of ether oxygens (including phenoxy) is 2. The Bertz CT molecular complexity index is 1160. The number of nitrogens with two attached hydrogens (primary N) is 1. The quantitative estimate of drug-likeness (QED) is 0.531. The van der Waals surface area contributed by atoms with Gasteiger partial charge in [0.05, 0.1) is 29.5 Å². The summed E-state index contributed by atoms with van der Waals surface area (Å²) < 4.78 is 10.6. The van der Waals surface area contributed by atoms with Crippen LogP contribution in [0.15, 0.2) is 53.4 Å². The molecule has 11 heteroatoms. The molecule has 2 fully saturated rings. The van der Waals surface area contributed by atoms with E-state index in [9.17, 15) is 19.2 Å². The molecule has 3 N–H and O–H groups in total. The number of para-hydroxylation sites is 2. The Kier molecular flexibility index (Phi) is 7.68. The number of benzene rings is 2. The molecule has 2 aliphatic heterocycles. The molecule has 2 saturated heterocycles. The van der Waals surface area contributed by atoms with E-state index < -0.39 is 23.0 Å². The third-order valence-electron chi connectivity index (χ3n) is 5.26. The molecule has 2 aromatic rings. The molecular formula is C24H24N4O6S. The molecule has 4 amide bonds. The summed E-state index contributed by atoms with van der Waals surface area (Å²) in [5, 5.41) is 2.31. The number of hydrogen-bond acceptors (Lipinski definition) is 8. The number of anilines is 2. The first-order valence-corrected chi connectivity index (χ1v) is 11.7. The number of rotatable bonds is 8. The van der Waals surface area contributed by atoms with Crippen molar-refractivity contribution >= 4 is 52.2 Å². The zero-order chi connectivity index (χ0) is 24.8. The number of carbonyl (C=O) groups excluding carboxylic acids is 4. The van der Waals surface area contributed by atoms with Gasteiger partial charge in [0.25, 0.3) is 17.1 Å². The first kappa shape index (κ1) is 24.3. The van der Waals surface area contributed by atoms with E-state index in [0.717, 1.165) is 22.3 Å². The van der Waals surface area contributed by atoms with Crippen LogP contribution in [0.1, 0.15) is 5.56 Å². The first-order chi connectivity index (χ1) is 16.9. The van der Waals surface area contributed by atoms with E-state index in [1.165, 1.54) is 0 Å². The average molecular weight is 497 g/mol. The summed E-state index contributed by atoms with van der Waals surface area (Å²) in [6, 6.07) is 14.0. The second-order valence-corrected chi connectivity index (χ2v) is 8.75. The summed E-state index contributed by atoms with van der Waals surface area (Å²) >= 11 is 0.773. The van der Waals surface area contributed by atoms with Gasteiger partial charge in [0.15, 0.2) is 6.61 Å². The number of nitrogens with one attached hydrogen (secondary N) is 1. The van der Waals surface area contributed by atoms with Crippen LogP contribution in [0.3, 0.4) is 0 Å². The highest BCUT2D eigenvalue weighted by atomic mass is 32.2. The number of nitrogens with zero attached hydrogens (tertiary/aromatic N) is 2. The smallest absolute Gasteiger partial charge is 0.294 e. The number of morpholine rings is 1. The average Bonchev–Trinajstić information content (AvgIpc) is 3.11. The highest BCUT2D eigenvalue weighted by molar-refractivity contribution is 8.18. The van der Waals surface area contributed by atoms with E-state index in [0.29, 0.717) is 43.3 Å². The van der Waals surface area contributed by atoms with Gasteiger partial charge >= 0.3 is 0 Å². The van der Waals surface area contributed by atoms with Crippen LogP contribution in [0.25, 0.3) is 6.08 Å². The zero-order valence-electron chi connectivity index (χ0n) is 18.8. The van der Waals surface area contributed by atoms with Crippen LogP contribution in [0, 0.1) is 0 Å². The summed E-state index contributed by atoms with van der Waals surface area (Å²) in [4.78, 5) is 52.1. The fourth-order valence-corrected chi connectivity index (χ4v) is 4.43. The van der Waals surface area contributed by atoms with Gasteiger partial charge in [-0.3, -0.25) is 24.1 Å². The molecule has 0 bridgehead atoms. The summed E-state index contributed by atoms with van der Waals surface area (Å²) in [6.45, 7) is 2.00. The number of imide groups is 1. The normalized spacial score (nSPS) is 17.1. The lowest BCUT2D eigenvalue weighted by molar-refractivity contribution is -0.127. The molecule has 0 aliphatic carbocycles. The Balaban J connectivity index is 1.39. The van der Waals surface area contributed by atoms with E-state index in [1.54, 1.807) is 36.4 Å². The highest BCUT2D eigenvalue weighted by Crippen LogP contribution is 2.33. The molecule has 0 radical (unpaired) electrons. The van der Waals surface area contributed by atoms with Gasteiger partial charge in [-0.25, -0.2) is 0 Å². The molecular weight excluding hydrogens is 472 g/mol. The zero-order valence-corrected chi connectivity index (χ0v) is 19.6. The van der Waals surface area contributed by atoms with Crippen molar-refractivity contribution in [2.45, 2.75) is 0 Å². The Morgan fingerprint density at radius 3 is 2.51 bits per heavy atom. The van der Waals surface area contributed by atoms with Crippen molar-refractivity contribution in [1.29, 1.82) is 0 Å². The topological polar surface area (TPSA) is 131 Å². The molecule has 2 aromatic carbocycles. The number of thioether (sulfide) groups is 1. The summed E-state index contributed by atoms with van der Waals surface area (Å²) in [5.74, 6) is -1.14. The van der Waals surface area contributed by atoms with Gasteiger partial charge in [-0.2, -0.15) is 0 Å². The molecule has 2 aliphatic rings. The number of amides is 4. The van der Waals surface area contributed by atoms with E-state index in [1.807, 2.05) is 18.2 Å². The number of carbonyl (C=O) groups is 4. The van der Waals surface area contributed by atoms with Gasteiger partial charge in [0.2, 0.25) is 5.91 Å². The van der Waals surface area contributed by atoms with Crippen LogP contribution >= 0.6 is 11.8 Å². The first-order valence-electron chi connectivity index (χ1n) is 10.9. The monoisotopic (exact) mass is 496 g/mol. The third kappa shape index (κ3) is 6.19. The van der Waals surface area contributed by atoms with Crippen molar-refractivity contribution in [3.05, 3.63) is 59.0 Å². The molecule has 0 saturated carbocycles. The van der Waals surface area contributed by atoms with Crippen LogP contribution in [0.4, 0.5) is 16.2 Å². The van der Waals surface area contributed by atoms with Crippen LogP contribution in [0.5, 0.6) is 5.75 Å². The Morgan fingerprint density at radius 1 is 1.09 bits per heavy atom. The van der Waals surface area contributed by atoms with Gasteiger partial charge in [0.1, 0.15) is 12.3 Å². The van der Waals surface area contributed by atoms with Crippen molar-refractivity contribution in [3.63, 3.8) is 0 Å². The van der Waals surface area contributed by atoms with Gasteiger partial charge < -0.3 is 25.4 Å². The van der Waals surface area contributed by atoms with E-state index in [2.05, 4.69) is 10.2 Å². The maximum absolute atomic E-state index is 12.8. The third-order valence-corrected chi connectivity index (χ3v) is 6.17. The second kappa shape index (κ2) is 11.1. The molecule has 2 heterocycles. The van der Waals surface area contributed by atoms with Crippen molar-refractivity contribution in [3.8, 4) is 5.75 Å². The molecule has 4 rings (SSSR count). The van der Waals surface area contributed by atoms with E-state index >= 15 is 0 Å². The fourth-order valence-electron chi connectivity index (χ4n) is 3.60. The predicted octanol–water partition coefficient (Wildman–Crippen LogP) is 2.06. The van der Waals surface area contributed by atoms with E-state index in [4.69, 9.17) is 15.2 Å². The van der Waals surface area contributed by atoms with Crippen LogP contribution in [0.2, 0.25) is 0 Å². The summed E-state index contributed by atoms with van der Waals surface area (Å²) in [6.07, 6.45) is 1.56. The van der Waals surface area contributed by atoms with Gasteiger partial charge in [-0.05, 0) is 47.7 Å². The Hall–Kier alpha value is -3.83. The summed E-state index contributed by atoms with van der Waals surface area (Å²) in [7, 11) is 0. The summed E-state index contributed by atoms with van der Waals surface area (Å²) in [5.41, 5.74) is 7.19. The molecule has 182 valence electrons. The van der Waals surface area contributed by atoms with Crippen molar-refractivity contribution in [2.24, 2.45) is 5.73 Å². The lowest BCUT2D eigenvalue weighted by atomic mass is 10.2. The minimum Gasteiger partial charge on any atom is -0.484 e. The molecule has 0 unspecified atom stereocenters. The standard InChI is InChI=1S/C24H24N4O6S/c25-21(29)15-34-17-7-5-16(6-8-17)13-20-23(31)28(24(32)35-20)14-22(30)26-18-3-1-2-4-19(18)27-9-11-33-12-10-27/h1-8,13H,9-12,14-15H2,(H2,25,29)(H,26,30)/b20-13-. The lowest BCUT2D eigenvalue weighted by Gasteiger charge is -2.30. The predicted molar refractivity (Wildman–Crippen MR) is 132 cm³/mol.